The van der Waals surface area contributed by atoms with Crippen molar-refractivity contribution in [3.63, 3.8) is 0 Å². The molecule has 0 heterocycles. The molecule has 2 amide bonds. The molecular formula is C15H19FN2O2. The molecule has 1 aliphatic carbocycles. The number of aliphatic hydroxyl groups is 1. The molecule has 0 fully saturated rings. The third kappa shape index (κ3) is 4.06. The molecule has 20 heavy (non-hydrogen) atoms. The predicted octanol–water partition coefficient (Wildman–Crippen LogP) is 1.60. The summed E-state index contributed by atoms with van der Waals surface area (Å²) in [5.41, 5.74) is 0.592. The Kier molecular flexibility index (Phi) is 5.12. The molecule has 0 aromatic heterocycles. The van der Waals surface area contributed by atoms with Crippen LogP contribution in [0.25, 0.3) is 0 Å². The number of nitrogens with one attached hydrogen (secondary N) is 2. The number of urea groups is 1. The second-order valence-corrected chi connectivity index (χ2v) is 4.91. The van der Waals surface area contributed by atoms with Crippen LogP contribution in [0.15, 0.2) is 36.4 Å². The van der Waals surface area contributed by atoms with Gasteiger partial charge in [-0.15, -0.1) is 0 Å². The van der Waals surface area contributed by atoms with E-state index in [1.165, 1.54) is 6.07 Å². The van der Waals surface area contributed by atoms with Gasteiger partial charge in [0.25, 0.3) is 0 Å². The van der Waals surface area contributed by atoms with Crippen LogP contribution in [0.3, 0.4) is 0 Å². The lowest BCUT2D eigenvalue weighted by Gasteiger charge is -2.13. The summed E-state index contributed by atoms with van der Waals surface area (Å²) >= 11 is 0. The Morgan fingerprint density at radius 3 is 2.85 bits per heavy atom. The summed E-state index contributed by atoms with van der Waals surface area (Å²) in [5.74, 6) is -0.127. The van der Waals surface area contributed by atoms with Gasteiger partial charge in [-0.05, 0) is 24.5 Å². The van der Waals surface area contributed by atoms with Gasteiger partial charge in [0, 0.05) is 25.1 Å². The summed E-state index contributed by atoms with van der Waals surface area (Å²) in [6, 6.07) is 6.23. The van der Waals surface area contributed by atoms with Crippen LogP contribution < -0.4 is 10.6 Å². The van der Waals surface area contributed by atoms with E-state index in [0.717, 1.165) is 6.42 Å². The Morgan fingerprint density at radius 2 is 2.15 bits per heavy atom. The molecule has 0 bridgehead atoms. The molecule has 0 radical (unpaired) electrons. The molecule has 0 aliphatic heterocycles. The molecule has 1 aromatic carbocycles. The maximum absolute atomic E-state index is 13.4. The van der Waals surface area contributed by atoms with E-state index in [-0.39, 0.29) is 30.4 Å². The highest BCUT2D eigenvalue weighted by Gasteiger charge is 2.19. The van der Waals surface area contributed by atoms with Crippen molar-refractivity contribution in [2.45, 2.75) is 18.9 Å². The van der Waals surface area contributed by atoms with Gasteiger partial charge >= 0.3 is 6.03 Å². The first-order valence-electron chi connectivity index (χ1n) is 6.76. The second kappa shape index (κ2) is 7.05. The average molecular weight is 278 g/mol. The number of halogens is 1. The van der Waals surface area contributed by atoms with E-state index in [2.05, 4.69) is 10.6 Å². The van der Waals surface area contributed by atoms with E-state index < -0.39 is 0 Å². The quantitative estimate of drug-likeness (QED) is 0.717. The summed E-state index contributed by atoms with van der Waals surface area (Å²) in [6.45, 7) is 0.482. The highest BCUT2D eigenvalue weighted by atomic mass is 19.1. The summed E-state index contributed by atoms with van der Waals surface area (Å²) in [7, 11) is 0. The molecule has 2 atom stereocenters. The van der Waals surface area contributed by atoms with Crippen molar-refractivity contribution in [1.29, 1.82) is 0 Å². The van der Waals surface area contributed by atoms with Gasteiger partial charge in [0.1, 0.15) is 5.82 Å². The molecule has 0 spiro atoms. The predicted molar refractivity (Wildman–Crippen MR) is 74.8 cm³/mol. The molecule has 0 unspecified atom stereocenters. The fraction of sp³-hybridized carbons (Fsp3) is 0.400. The van der Waals surface area contributed by atoms with Gasteiger partial charge in [0.05, 0.1) is 0 Å². The van der Waals surface area contributed by atoms with Crippen LogP contribution in [0.5, 0.6) is 0 Å². The number of hydrogen-bond donors (Lipinski definition) is 3. The lowest BCUT2D eigenvalue weighted by Crippen LogP contribution is -2.41. The Morgan fingerprint density at radius 1 is 1.35 bits per heavy atom. The number of carbonyl (C=O) groups excluding carboxylic acids is 1. The van der Waals surface area contributed by atoms with E-state index in [1.807, 2.05) is 12.2 Å². The van der Waals surface area contributed by atoms with Crippen molar-refractivity contribution in [3.05, 3.63) is 47.8 Å². The largest absolute Gasteiger partial charge is 0.396 e. The first-order chi connectivity index (χ1) is 9.69. The molecular weight excluding hydrogens is 259 g/mol. The third-order valence-corrected chi connectivity index (χ3v) is 3.36. The molecule has 108 valence electrons. The number of benzene rings is 1. The van der Waals surface area contributed by atoms with E-state index >= 15 is 0 Å². The Bertz CT molecular complexity index is 491. The molecule has 0 saturated carbocycles. The number of rotatable bonds is 5. The van der Waals surface area contributed by atoms with Crippen LogP contribution in [-0.4, -0.2) is 30.3 Å². The fourth-order valence-corrected chi connectivity index (χ4v) is 2.25. The normalized spacial score (nSPS) is 20.9. The maximum atomic E-state index is 13.4. The monoisotopic (exact) mass is 278 g/mol. The molecule has 1 aromatic rings. The lowest BCUT2D eigenvalue weighted by atomic mass is 10.1. The van der Waals surface area contributed by atoms with Crippen molar-refractivity contribution in [3.8, 4) is 0 Å². The van der Waals surface area contributed by atoms with Gasteiger partial charge in [-0.1, -0.05) is 30.4 Å². The van der Waals surface area contributed by atoms with E-state index in [4.69, 9.17) is 5.11 Å². The maximum Gasteiger partial charge on any atom is 0.315 e. The van der Waals surface area contributed by atoms with Gasteiger partial charge in [0.2, 0.25) is 0 Å². The summed E-state index contributed by atoms with van der Waals surface area (Å²) in [6.07, 6.45) is 4.97. The first kappa shape index (κ1) is 14.5. The van der Waals surface area contributed by atoms with Crippen molar-refractivity contribution < 1.29 is 14.3 Å². The van der Waals surface area contributed by atoms with Crippen LogP contribution in [0.4, 0.5) is 9.18 Å². The molecule has 4 nitrogen and oxygen atoms in total. The highest BCUT2D eigenvalue weighted by molar-refractivity contribution is 5.74. The van der Waals surface area contributed by atoms with Crippen molar-refractivity contribution in [2.24, 2.45) is 5.92 Å². The Balaban J connectivity index is 1.69. The molecule has 1 aliphatic rings. The number of carbonyl (C=O) groups is 1. The van der Waals surface area contributed by atoms with Crippen molar-refractivity contribution >= 4 is 6.03 Å². The SMILES string of the molecule is O=C(NCCc1ccccc1F)N[C@@H]1C=C[C@H](CO)C1. The third-order valence-electron chi connectivity index (χ3n) is 3.36. The number of amides is 2. The van der Waals surface area contributed by atoms with Gasteiger partial charge in [-0.2, -0.15) is 0 Å². The first-order valence-corrected chi connectivity index (χ1v) is 6.76. The Labute approximate surface area is 117 Å². The van der Waals surface area contributed by atoms with E-state index in [9.17, 15) is 9.18 Å². The smallest absolute Gasteiger partial charge is 0.315 e. The van der Waals surface area contributed by atoms with Crippen molar-refractivity contribution in [1.82, 2.24) is 10.6 Å². The minimum absolute atomic E-state index is 0.0411. The minimum Gasteiger partial charge on any atom is -0.396 e. The van der Waals surface area contributed by atoms with Gasteiger partial charge in [0.15, 0.2) is 0 Å². The second-order valence-electron chi connectivity index (χ2n) is 4.91. The number of hydrogen-bond acceptors (Lipinski definition) is 2. The molecule has 5 heteroatoms. The van der Waals surface area contributed by atoms with E-state index in [0.29, 0.717) is 18.5 Å². The topological polar surface area (TPSA) is 61.4 Å². The molecule has 3 N–H and O–H groups in total. The zero-order valence-electron chi connectivity index (χ0n) is 11.2. The van der Waals surface area contributed by atoms with Crippen LogP contribution in [-0.2, 0) is 6.42 Å². The standard InChI is InChI=1S/C15H19FN2O2/c16-14-4-2-1-3-12(14)7-8-17-15(20)18-13-6-5-11(9-13)10-19/h1-6,11,13,19H,7-10H2,(H2,17,18,20)/t11-,13+/m0/s1. The Hall–Kier alpha value is -1.88. The summed E-state index contributed by atoms with van der Waals surface area (Å²) < 4.78 is 13.4. The fourth-order valence-electron chi connectivity index (χ4n) is 2.25. The van der Waals surface area contributed by atoms with Gasteiger partial charge < -0.3 is 15.7 Å². The number of aliphatic hydroxyl groups excluding tert-OH is 1. The zero-order valence-corrected chi connectivity index (χ0v) is 11.2. The van der Waals surface area contributed by atoms with E-state index in [1.54, 1.807) is 18.2 Å². The van der Waals surface area contributed by atoms with Crippen LogP contribution in [0, 0.1) is 11.7 Å². The summed E-state index contributed by atoms with van der Waals surface area (Å²) in [4.78, 5) is 11.7. The highest BCUT2D eigenvalue weighted by Crippen LogP contribution is 2.16. The molecule has 2 rings (SSSR count). The average Bonchev–Trinajstić information content (AvgIpc) is 2.88. The minimum atomic E-state index is -0.269. The molecule has 0 saturated heterocycles. The van der Waals surface area contributed by atoms with Crippen LogP contribution in [0.2, 0.25) is 0 Å². The van der Waals surface area contributed by atoms with Crippen LogP contribution in [0.1, 0.15) is 12.0 Å². The van der Waals surface area contributed by atoms with Gasteiger partial charge in [-0.3, -0.25) is 0 Å². The summed E-state index contributed by atoms with van der Waals surface area (Å²) in [5, 5.41) is 14.5. The zero-order chi connectivity index (χ0) is 14.4. The van der Waals surface area contributed by atoms with Crippen molar-refractivity contribution in [2.75, 3.05) is 13.2 Å². The van der Waals surface area contributed by atoms with Crippen LogP contribution >= 0.6 is 0 Å². The lowest BCUT2D eigenvalue weighted by molar-refractivity contribution is 0.231. The van der Waals surface area contributed by atoms with Gasteiger partial charge in [-0.25, -0.2) is 9.18 Å².